The molecule has 4 aromatic rings. The Bertz CT molecular complexity index is 2040. The van der Waals surface area contributed by atoms with Crippen LogP contribution in [0.3, 0.4) is 0 Å². The van der Waals surface area contributed by atoms with E-state index in [9.17, 15) is 35.9 Å². The Kier molecular flexibility index (Phi) is 7.35. The van der Waals surface area contributed by atoms with Crippen molar-refractivity contribution in [3.8, 4) is 11.5 Å². The summed E-state index contributed by atoms with van der Waals surface area (Å²) in [6.07, 6.45) is -9.89. The molecule has 54 heavy (non-hydrogen) atoms. The van der Waals surface area contributed by atoms with E-state index in [0.717, 1.165) is 32.3 Å². The lowest BCUT2D eigenvalue weighted by Crippen LogP contribution is -2.54. The van der Waals surface area contributed by atoms with Gasteiger partial charge in [0.15, 0.2) is 12.5 Å². The Hall–Kier alpha value is -5.40. The zero-order valence-corrected chi connectivity index (χ0v) is 29.1. The number of amides is 2. The van der Waals surface area contributed by atoms with Crippen molar-refractivity contribution in [2.24, 2.45) is 0 Å². The summed E-state index contributed by atoms with van der Waals surface area (Å²) in [6.45, 7) is 0.0821. The van der Waals surface area contributed by atoms with E-state index < -0.39 is 59.5 Å². The molecule has 0 saturated carbocycles. The number of rotatable bonds is 0. The van der Waals surface area contributed by atoms with Crippen LogP contribution in [0.5, 0.6) is 11.5 Å². The number of ether oxygens (including phenoxy) is 2. The molecule has 2 saturated heterocycles. The van der Waals surface area contributed by atoms with E-state index in [2.05, 4.69) is 0 Å². The van der Waals surface area contributed by atoms with Crippen LogP contribution in [0.1, 0.15) is 47.2 Å². The first-order chi connectivity index (χ1) is 25.7. The van der Waals surface area contributed by atoms with Crippen molar-refractivity contribution in [2.45, 2.75) is 60.6 Å². The van der Waals surface area contributed by atoms with Crippen LogP contribution in [0.25, 0.3) is 0 Å². The van der Waals surface area contributed by atoms with Crippen molar-refractivity contribution >= 4 is 23.2 Å². The van der Waals surface area contributed by atoms with Gasteiger partial charge in [0.2, 0.25) is 0 Å². The number of hydrogen-bond acceptors (Lipinski definition) is 6. The third-order valence-corrected chi connectivity index (χ3v) is 12.2. The standard InChI is InChI=1S/2C20H17F3N2O2/c2*1-24-14-8-4-3-7-13(14)19-10-11-25(17(26)20(21,22)23)16(19)12-6-2-5-9-15(12)27-18(19)24/h2*2-9,16,18H,10-11H2,1H3/t2*16-,18-,19+/m11/s1. The lowest BCUT2D eigenvalue weighted by atomic mass is 9.70. The quantitative estimate of drug-likeness (QED) is 0.177. The van der Waals surface area contributed by atoms with Crippen molar-refractivity contribution in [3.63, 3.8) is 0 Å². The molecule has 2 spiro atoms. The van der Waals surface area contributed by atoms with Crippen LogP contribution in [0.2, 0.25) is 0 Å². The molecule has 2 amide bonds. The van der Waals surface area contributed by atoms with Crippen molar-refractivity contribution in [1.82, 2.24) is 9.80 Å². The minimum absolute atomic E-state index is 0.0411. The number of anilines is 2. The van der Waals surface area contributed by atoms with E-state index in [1.165, 1.54) is 0 Å². The van der Waals surface area contributed by atoms with Crippen molar-refractivity contribution in [2.75, 3.05) is 37.0 Å². The molecule has 0 aromatic heterocycles. The molecule has 2 fully saturated rings. The van der Waals surface area contributed by atoms with Gasteiger partial charge in [-0.15, -0.1) is 0 Å². The summed E-state index contributed by atoms with van der Waals surface area (Å²) in [5.74, 6) is -2.51. The SMILES string of the molecule is CN1c2ccccc2[C@@]23CCN(C(=O)C(F)(F)F)[C@@H]2c2ccccc2O[C@@H]13.CN1c2ccccc2[C@@]23CCN(C(=O)C(F)(F)F)[C@@H]2c2ccccc2O[C@@H]13. The topological polar surface area (TPSA) is 65.6 Å². The number of alkyl halides is 6. The second-order valence-corrected chi connectivity index (χ2v) is 14.7. The predicted molar refractivity (Wildman–Crippen MR) is 185 cm³/mol. The Balaban J connectivity index is 0.000000142. The van der Waals surface area contributed by atoms with Gasteiger partial charge in [0, 0.05) is 49.7 Å². The van der Waals surface area contributed by atoms with Gasteiger partial charge in [0.05, 0.1) is 22.9 Å². The molecule has 10 rings (SSSR count). The van der Waals surface area contributed by atoms with E-state index in [4.69, 9.17) is 9.47 Å². The molecule has 6 atom stereocenters. The largest absolute Gasteiger partial charge is 0.471 e. The number of para-hydroxylation sites is 4. The van der Waals surface area contributed by atoms with Crippen molar-refractivity contribution in [3.05, 3.63) is 119 Å². The van der Waals surface area contributed by atoms with Crippen LogP contribution in [0, 0.1) is 0 Å². The summed E-state index contributed by atoms with van der Waals surface area (Å²) < 4.78 is 92.5. The average Bonchev–Trinajstić information content (AvgIpc) is 3.88. The van der Waals surface area contributed by atoms with E-state index in [0.29, 0.717) is 35.5 Å². The molecule has 8 nitrogen and oxygen atoms in total. The summed E-state index contributed by atoms with van der Waals surface area (Å²) in [6, 6.07) is 28.1. The number of carbonyl (C=O) groups excluding carboxylic acids is 2. The molecular formula is C40H34F6N4O4. The van der Waals surface area contributed by atoms with Crippen LogP contribution in [-0.4, -0.2) is 73.6 Å². The Labute approximate surface area is 306 Å². The van der Waals surface area contributed by atoms with Gasteiger partial charge in [-0.2, -0.15) is 26.3 Å². The molecule has 6 aliphatic rings. The van der Waals surface area contributed by atoms with E-state index in [1.54, 1.807) is 48.5 Å². The Morgan fingerprint density at radius 3 is 1.31 bits per heavy atom. The number of fused-ring (bicyclic) bond motifs is 6. The molecule has 0 bridgehead atoms. The first-order valence-corrected chi connectivity index (χ1v) is 17.6. The maximum Gasteiger partial charge on any atom is 0.471 e. The van der Waals surface area contributed by atoms with Crippen LogP contribution >= 0.6 is 0 Å². The molecule has 0 aliphatic carbocycles. The van der Waals surface area contributed by atoms with Gasteiger partial charge in [0.1, 0.15) is 11.5 Å². The van der Waals surface area contributed by atoms with Crippen LogP contribution in [-0.2, 0) is 20.4 Å². The Morgan fingerprint density at radius 1 is 0.574 bits per heavy atom. The molecule has 0 unspecified atom stereocenters. The number of hydrogen-bond donors (Lipinski definition) is 0. The number of benzene rings is 4. The molecule has 0 radical (unpaired) electrons. The monoisotopic (exact) mass is 748 g/mol. The van der Waals surface area contributed by atoms with Crippen LogP contribution < -0.4 is 19.3 Å². The van der Waals surface area contributed by atoms with Gasteiger partial charge in [-0.3, -0.25) is 9.59 Å². The number of nitrogens with zero attached hydrogens (tertiary/aromatic N) is 4. The van der Waals surface area contributed by atoms with E-state index >= 15 is 0 Å². The Morgan fingerprint density at radius 2 is 0.926 bits per heavy atom. The zero-order chi connectivity index (χ0) is 37.9. The zero-order valence-electron chi connectivity index (χ0n) is 29.1. The molecular weight excluding hydrogens is 714 g/mol. The first-order valence-electron chi connectivity index (χ1n) is 17.6. The second-order valence-electron chi connectivity index (χ2n) is 14.7. The summed E-state index contributed by atoms with van der Waals surface area (Å²) in [4.78, 5) is 30.4. The smallest absolute Gasteiger partial charge is 0.469 e. The molecule has 14 heteroatoms. The van der Waals surface area contributed by atoms with Gasteiger partial charge in [-0.1, -0.05) is 72.8 Å². The third-order valence-electron chi connectivity index (χ3n) is 12.2. The van der Waals surface area contributed by atoms with Gasteiger partial charge >= 0.3 is 24.2 Å². The van der Waals surface area contributed by atoms with Gasteiger partial charge < -0.3 is 29.1 Å². The highest BCUT2D eigenvalue weighted by atomic mass is 19.4. The number of likely N-dealkylation sites (N-methyl/N-ethyl adjacent to an activating group) is 2. The normalized spacial score (nSPS) is 28.1. The second kappa shape index (κ2) is 11.6. The molecule has 0 N–H and O–H groups in total. The maximum absolute atomic E-state index is 13.3. The highest BCUT2D eigenvalue weighted by Crippen LogP contribution is 2.64. The number of likely N-dealkylation sites (tertiary alicyclic amines) is 2. The molecule has 4 aromatic carbocycles. The van der Waals surface area contributed by atoms with Gasteiger partial charge in [-0.05, 0) is 48.2 Å². The van der Waals surface area contributed by atoms with Crippen LogP contribution in [0.4, 0.5) is 37.7 Å². The summed E-state index contributed by atoms with van der Waals surface area (Å²) in [5.41, 5.74) is 3.57. The molecule has 280 valence electrons. The average molecular weight is 749 g/mol. The fourth-order valence-electron chi connectivity index (χ4n) is 10.2. The van der Waals surface area contributed by atoms with E-state index in [-0.39, 0.29) is 13.1 Å². The fourth-order valence-corrected chi connectivity index (χ4v) is 10.2. The lowest BCUT2D eigenvalue weighted by molar-refractivity contribution is -0.187. The number of halogens is 6. The maximum atomic E-state index is 13.3. The van der Waals surface area contributed by atoms with Crippen LogP contribution in [0.15, 0.2) is 97.1 Å². The number of carbonyl (C=O) groups is 2. The molecule has 6 aliphatic heterocycles. The minimum Gasteiger partial charge on any atom is -0.469 e. The van der Waals surface area contributed by atoms with Gasteiger partial charge in [-0.25, -0.2) is 0 Å². The minimum atomic E-state index is -4.90. The summed E-state index contributed by atoms with van der Waals surface area (Å²) in [5, 5.41) is 0. The summed E-state index contributed by atoms with van der Waals surface area (Å²) in [7, 11) is 3.77. The highest BCUT2D eigenvalue weighted by molar-refractivity contribution is 5.85. The van der Waals surface area contributed by atoms with Crippen molar-refractivity contribution < 1.29 is 45.4 Å². The predicted octanol–water partition coefficient (Wildman–Crippen LogP) is 7.26. The summed E-state index contributed by atoms with van der Waals surface area (Å²) >= 11 is 0. The lowest BCUT2D eigenvalue weighted by Gasteiger charge is -2.45. The first kappa shape index (κ1) is 34.4. The van der Waals surface area contributed by atoms with E-state index in [1.807, 2.05) is 72.4 Å². The molecule has 6 heterocycles. The van der Waals surface area contributed by atoms with Crippen molar-refractivity contribution in [1.29, 1.82) is 0 Å². The van der Waals surface area contributed by atoms with Gasteiger partial charge in [0.25, 0.3) is 0 Å². The highest BCUT2D eigenvalue weighted by Gasteiger charge is 2.67. The fraction of sp³-hybridized carbons (Fsp3) is 0.350. The third kappa shape index (κ3) is 4.51.